The predicted octanol–water partition coefficient (Wildman–Crippen LogP) is 1.99. The third-order valence-electron chi connectivity index (χ3n) is 3.38. The number of nitrogens with one attached hydrogen (secondary N) is 1. The summed E-state index contributed by atoms with van der Waals surface area (Å²) in [5.41, 5.74) is 2.56. The number of hydrogen-bond acceptors (Lipinski definition) is 2. The molecule has 1 aromatic rings. The van der Waals surface area contributed by atoms with Crippen LogP contribution in [0.25, 0.3) is 0 Å². The summed E-state index contributed by atoms with van der Waals surface area (Å²) in [4.78, 5) is 11.0. The fourth-order valence-electron chi connectivity index (χ4n) is 2.14. The van der Waals surface area contributed by atoms with Gasteiger partial charge in [-0.25, -0.2) is 0 Å². The normalized spacial score (nSPS) is 16.8. The van der Waals surface area contributed by atoms with Crippen molar-refractivity contribution in [2.75, 3.05) is 6.54 Å². The fourth-order valence-corrected chi connectivity index (χ4v) is 2.14. The van der Waals surface area contributed by atoms with Crippen molar-refractivity contribution in [1.29, 1.82) is 0 Å². The molecule has 0 amide bonds. The average Bonchev–Trinajstić information content (AvgIpc) is 3.10. The molecular weight excluding hydrogens is 214 g/mol. The number of carbonyl (C=O) groups is 1. The molecule has 3 heteroatoms. The lowest BCUT2D eigenvalue weighted by molar-refractivity contribution is -0.140. The highest BCUT2D eigenvalue weighted by Crippen LogP contribution is 2.32. The first kappa shape index (κ1) is 12.1. The van der Waals surface area contributed by atoms with Crippen molar-refractivity contribution in [1.82, 2.24) is 5.32 Å². The van der Waals surface area contributed by atoms with Crippen molar-refractivity contribution in [2.45, 2.75) is 32.2 Å². The second-order valence-electron chi connectivity index (χ2n) is 4.78. The molecule has 17 heavy (non-hydrogen) atoms. The van der Waals surface area contributed by atoms with E-state index in [0.29, 0.717) is 5.92 Å². The highest BCUT2D eigenvalue weighted by Gasteiger charge is 2.35. The molecule has 1 aliphatic carbocycles. The quantitative estimate of drug-likeness (QED) is 0.790. The lowest BCUT2D eigenvalue weighted by atomic mass is 10.1. The molecule has 0 aromatic heterocycles. The Kier molecular flexibility index (Phi) is 3.79. The number of hydrogen-bond donors (Lipinski definition) is 2. The Labute approximate surface area is 102 Å². The van der Waals surface area contributed by atoms with Crippen molar-refractivity contribution < 1.29 is 9.90 Å². The van der Waals surface area contributed by atoms with Crippen molar-refractivity contribution in [3.8, 4) is 0 Å². The lowest BCUT2D eigenvalue weighted by Crippen LogP contribution is -2.39. The first-order valence-corrected chi connectivity index (χ1v) is 6.19. The SMILES string of the molecule is Cc1ccccc1CCNC(C(=O)O)C1CC1. The van der Waals surface area contributed by atoms with Gasteiger partial charge in [0.15, 0.2) is 0 Å². The van der Waals surface area contributed by atoms with Crippen LogP contribution >= 0.6 is 0 Å². The van der Waals surface area contributed by atoms with Gasteiger partial charge in [0.1, 0.15) is 6.04 Å². The van der Waals surface area contributed by atoms with Crippen molar-refractivity contribution in [2.24, 2.45) is 5.92 Å². The van der Waals surface area contributed by atoms with Crippen LogP contribution in [0.4, 0.5) is 0 Å². The summed E-state index contributed by atoms with van der Waals surface area (Å²) in [7, 11) is 0. The Balaban J connectivity index is 1.82. The van der Waals surface area contributed by atoms with Gasteiger partial charge in [0.25, 0.3) is 0 Å². The Morgan fingerprint density at radius 1 is 1.47 bits per heavy atom. The first-order valence-electron chi connectivity index (χ1n) is 6.19. The van der Waals surface area contributed by atoms with Gasteiger partial charge in [-0.2, -0.15) is 0 Å². The first-order chi connectivity index (χ1) is 8.18. The topological polar surface area (TPSA) is 49.3 Å². The van der Waals surface area contributed by atoms with Crippen LogP contribution in [0.5, 0.6) is 0 Å². The predicted molar refractivity (Wildman–Crippen MR) is 67.0 cm³/mol. The van der Waals surface area contributed by atoms with E-state index in [0.717, 1.165) is 25.8 Å². The second-order valence-corrected chi connectivity index (χ2v) is 4.78. The molecule has 0 aliphatic heterocycles. The highest BCUT2D eigenvalue weighted by atomic mass is 16.4. The molecule has 3 nitrogen and oxygen atoms in total. The number of benzene rings is 1. The molecule has 0 saturated heterocycles. The minimum absolute atomic E-state index is 0.348. The van der Waals surface area contributed by atoms with Crippen molar-refractivity contribution in [3.63, 3.8) is 0 Å². The Morgan fingerprint density at radius 3 is 2.76 bits per heavy atom. The van der Waals surface area contributed by atoms with E-state index in [1.165, 1.54) is 11.1 Å². The number of carboxylic acid groups (broad SMARTS) is 1. The average molecular weight is 233 g/mol. The van der Waals surface area contributed by atoms with Crippen molar-refractivity contribution in [3.05, 3.63) is 35.4 Å². The fraction of sp³-hybridized carbons (Fsp3) is 0.500. The molecule has 2 rings (SSSR count). The third-order valence-corrected chi connectivity index (χ3v) is 3.38. The van der Waals surface area contributed by atoms with E-state index in [4.69, 9.17) is 5.11 Å². The Hall–Kier alpha value is -1.35. The second kappa shape index (κ2) is 5.32. The van der Waals surface area contributed by atoms with Crippen molar-refractivity contribution >= 4 is 5.97 Å². The van der Waals surface area contributed by atoms with Gasteiger partial charge in [-0.05, 0) is 49.8 Å². The van der Waals surface area contributed by atoms with E-state index in [9.17, 15) is 4.79 Å². The maximum Gasteiger partial charge on any atom is 0.320 e. The highest BCUT2D eigenvalue weighted by molar-refractivity contribution is 5.74. The molecule has 0 heterocycles. The molecule has 92 valence electrons. The van der Waals surface area contributed by atoms with Gasteiger partial charge in [-0.15, -0.1) is 0 Å². The van der Waals surface area contributed by atoms with Gasteiger partial charge >= 0.3 is 5.97 Å². The standard InChI is InChI=1S/C14H19NO2/c1-10-4-2-3-5-11(10)8-9-15-13(14(16)17)12-6-7-12/h2-5,12-13,15H,6-9H2,1H3,(H,16,17). The summed E-state index contributed by atoms with van der Waals surface area (Å²) in [6.07, 6.45) is 2.99. The molecule has 1 unspecified atom stereocenters. The zero-order chi connectivity index (χ0) is 12.3. The Morgan fingerprint density at radius 2 is 2.18 bits per heavy atom. The zero-order valence-corrected chi connectivity index (χ0v) is 10.1. The smallest absolute Gasteiger partial charge is 0.320 e. The number of rotatable bonds is 6. The van der Waals surface area contributed by atoms with E-state index in [1.807, 2.05) is 12.1 Å². The maximum atomic E-state index is 11.0. The number of aryl methyl sites for hydroxylation is 1. The lowest BCUT2D eigenvalue weighted by Gasteiger charge is -2.13. The van der Waals surface area contributed by atoms with Gasteiger partial charge in [0.2, 0.25) is 0 Å². The van der Waals surface area contributed by atoms with Gasteiger partial charge in [0.05, 0.1) is 0 Å². The summed E-state index contributed by atoms with van der Waals surface area (Å²) in [5.74, 6) is -0.360. The van der Waals surface area contributed by atoms with E-state index >= 15 is 0 Å². The molecular formula is C14H19NO2. The molecule has 0 spiro atoms. The van der Waals surface area contributed by atoms with E-state index in [1.54, 1.807) is 0 Å². The zero-order valence-electron chi connectivity index (χ0n) is 10.1. The summed E-state index contributed by atoms with van der Waals surface area (Å²) < 4.78 is 0. The summed E-state index contributed by atoms with van der Waals surface area (Å²) in [6.45, 7) is 2.82. The van der Waals surface area contributed by atoms with E-state index in [-0.39, 0.29) is 6.04 Å². The molecule has 0 radical (unpaired) electrons. The van der Waals surface area contributed by atoms with E-state index < -0.39 is 5.97 Å². The minimum atomic E-state index is -0.711. The Bertz CT molecular complexity index is 399. The molecule has 1 aromatic carbocycles. The monoisotopic (exact) mass is 233 g/mol. The van der Waals surface area contributed by atoms with Crippen LogP contribution in [0.2, 0.25) is 0 Å². The van der Waals surface area contributed by atoms with Crippen LogP contribution in [-0.2, 0) is 11.2 Å². The van der Waals surface area contributed by atoms with Crippen LogP contribution in [-0.4, -0.2) is 23.7 Å². The van der Waals surface area contributed by atoms with Gasteiger partial charge in [0, 0.05) is 0 Å². The maximum absolute atomic E-state index is 11.0. The van der Waals surface area contributed by atoms with Crippen LogP contribution in [0.3, 0.4) is 0 Å². The van der Waals surface area contributed by atoms with Crippen LogP contribution in [0.1, 0.15) is 24.0 Å². The number of carboxylic acids is 1. The minimum Gasteiger partial charge on any atom is -0.480 e. The molecule has 2 N–H and O–H groups in total. The summed E-state index contributed by atoms with van der Waals surface area (Å²) in [6, 6.07) is 7.89. The number of aliphatic carboxylic acids is 1. The van der Waals surface area contributed by atoms with Crippen LogP contribution in [0, 0.1) is 12.8 Å². The third kappa shape index (κ3) is 3.30. The molecule has 1 saturated carbocycles. The summed E-state index contributed by atoms with van der Waals surface area (Å²) >= 11 is 0. The van der Waals surface area contributed by atoms with Gasteiger partial charge in [-0.1, -0.05) is 24.3 Å². The van der Waals surface area contributed by atoms with Crippen LogP contribution in [0.15, 0.2) is 24.3 Å². The molecule has 1 aliphatic rings. The largest absolute Gasteiger partial charge is 0.480 e. The van der Waals surface area contributed by atoms with Gasteiger partial charge in [-0.3, -0.25) is 4.79 Å². The van der Waals surface area contributed by atoms with E-state index in [2.05, 4.69) is 24.4 Å². The molecule has 1 fully saturated rings. The van der Waals surface area contributed by atoms with Crippen LogP contribution < -0.4 is 5.32 Å². The molecule has 0 bridgehead atoms. The molecule has 1 atom stereocenters. The summed E-state index contributed by atoms with van der Waals surface area (Å²) in [5, 5.41) is 12.2. The van der Waals surface area contributed by atoms with Gasteiger partial charge < -0.3 is 10.4 Å².